The molecule has 0 atom stereocenters. The van der Waals surface area contributed by atoms with Crippen LogP contribution in [0.4, 0.5) is 17.6 Å². The van der Waals surface area contributed by atoms with Crippen molar-refractivity contribution in [3.8, 4) is 5.75 Å². The van der Waals surface area contributed by atoms with Gasteiger partial charge in [-0.1, -0.05) is 12.1 Å². The number of amides is 1. The molecule has 0 aliphatic heterocycles. The van der Waals surface area contributed by atoms with E-state index in [1.54, 1.807) is 6.07 Å². The first-order valence-corrected chi connectivity index (χ1v) is 7.81. The van der Waals surface area contributed by atoms with E-state index in [-0.39, 0.29) is 24.0 Å². The number of thioether (sulfide) groups is 1. The van der Waals surface area contributed by atoms with E-state index >= 15 is 0 Å². The van der Waals surface area contributed by atoms with Gasteiger partial charge in [-0.15, -0.1) is 11.8 Å². The predicted octanol–water partition coefficient (Wildman–Crippen LogP) is 3.97. The van der Waals surface area contributed by atoms with Crippen molar-refractivity contribution in [1.82, 2.24) is 5.32 Å². The van der Waals surface area contributed by atoms with Gasteiger partial charge in [0.25, 0.3) is 0 Å². The van der Waals surface area contributed by atoms with E-state index in [4.69, 9.17) is 0 Å². The summed E-state index contributed by atoms with van der Waals surface area (Å²) in [5.74, 6) is -2.23. The van der Waals surface area contributed by atoms with Crippen molar-refractivity contribution in [2.75, 3.05) is 5.75 Å². The maximum Gasteiger partial charge on any atom is 0.387 e. The van der Waals surface area contributed by atoms with Gasteiger partial charge in [0.05, 0.1) is 5.75 Å². The highest BCUT2D eigenvalue weighted by Crippen LogP contribution is 2.20. The van der Waals surface area contributed by atoms with E-state index in [0.29, 0.717) is 10.5 Å². The molecule has 0 aliphatic rings. The fraction of sp³-hybridized carbons (Fsp3) is 0.188. The largest absolute Gasteiger partial charge is 0.435 e. The van der Waals surface area contributed by atoms with Crippen LogP contribution in [0, 0.1) is 11.6 Å². The summed E-state index contributed by atoms with van der Waals surface area (Å²) in [4.78, 5) is 12.2. The van der Waals surface area contributed by atoms with Gasteiger partial charge < -0.3 is 10.1 Å². The smallest absolute Gasteiger partial charge is 0.387 e. The van der Waals surface area contributed by atoms with Crippen LogP contribution in [0.1, 0.15) is 5.56 Å². The number of carbonyl (C=O) groups is 1. The monoisotopic (exact) mass is 359 g/mol. The Morgan fingerprint density at radius 1 is 1.12 bits per heavy atom. The number of hydrogen-bond acceptors (Lipinski definition) is 3. The minimum Gasteiger partial charge on any atom is -0.435 e. The van der Waals surface area contributed by atoms with E-state index in [9.17, 15) is 22.4 Å². The SMILES string of the molecule is O=C(CSc1ccc(F)c(F)c1)NCc1cccc(OC(F)F)c1. The van der Waals surface area contributed by atoms with Crippen LogP contribution < -0.4 is 10.1 Å². The van der Waals surface area contributed by atoms with E-state index in [1.807, 2.05) is 0 Å². The lowest BCUT2D eigenvalue weighted by Gasteiger charge is -2.08. The average molecular weight is 359 g/mol. The van der Waals surface area contributed by atoms with E-state index in [1.165, 1.54) is 24.3 Å². The first-order chi connectivity index (χ1) is 11.4. The summed E-state index contributed by atoms with van der Waals surface area (Å²) in [6.45, 7) is -2.78. The second-order valence-electron chi connectivity index (χ2n) is 4.67. The summed E-state index contributed by atoms with van der Waals surface area (Å²) in [6, 6.07) is 9.35. The molecule has 1 N–H and O–H groups in total. The number of rotatable bonds is 7. The molecule has 8 heteroatoms. The summed E-state index contributed by atoms with van der Waals surface area (Å²) in [7, 11) is 0. The Hall–Kier alpha value is -2.22. The van der Waals surface area contributed by atoms with Crippen molar-refractivity contribution in [3.63, 3.8) is 0 Å². The molecular formula is C16H13F4NO2S. The van der Waals surface area contributed by atoms with Gasteiger partial charge in [-0.2, -0.15) is 8.78 Å². The zero-order valence-corrected chi connectivity index (χ0v) is 13.1. The summed E-state index contributed by atoms with van der Waals surface area (Å²) < 4.78 is 54.4. The Labute approximate surface area is 140 Å². The predicted molar refractivity (Wildman–Crippen MR) is 82.0 cm³/mol. The van der Waals surface area contributed by atoms with Gasteiger partial charge in [0, 0.05) is 11.4 Å². The average Bonchev–Trinajstić information content (AvgIpc) is 2.54. The van der Waals surface area contributed by atoms with E-state index in [0.717, 1.165) is 23.9 Å². The van der Waals surface area contributed by atoms with Gasteiger partial charge in [-0.3, -0.25) is 4.79 Å². The topological polar surface area (TPSA) is 38.3 Å². The van der Waals surface area contributed by atoms with Gasteiger partial charge in [0.2, 0.25) is 5.91 Å². The lowest BCUT2D eigenvalue weighted by Crippen LogP contribution is -2.24. The number of nitrogens with one attached hydrogen (secondary N) is 1. The van der Waals surface area contributed by atoms with Crippen LogP contribution in [0.3, 0.4) is 0 Å². The first-order valence-electron chi connectivity index (χ1n) is 6.82. The van der Waals surface area contributed by atoms with Crippen molar-refractivity contribution >= 4 is 17.7 Å². The number of benzene rings is 2. The Morgan fingerprint density at radius 2 is 1.92 bits per heavy atom. The van der Waals surface area contributed by atoms with Crippen LogP contribution in [0.25, 0.3) is 0 Å². The van der Waals surface area contributed by atoms with Crippen LogP contribution in [-0.4, -0.2) is 18.3 Å². The van der Waals surface area contributed by atoms with Crippen molar-refractivity contribution in [3.05, 3.63) is 59.7 Å². The third-order valence-corrected chi connectivity index (χ3v) is 3.87. The summed E-state index contributed by atoms with van der Waals surface area (Å²) in [5, 5.41) is 2.61. The highest BCUT2D eigenvalue weighted by Gasteiger charge is 2.08. The Kier molecular flexibility index (Phi) is 6.48. The zero-order valence-electron chi connectivity index (χ0n) is 12.3. The lowest BCUT2D eigenvalue weighted by atomic mass is 10.2. The van der Waals surface area contributed by atoms with Crippen LogP contribution in [-0.2, 0) is 11.3 Å². The number of ether oxygens (including phenoxy) is 1. The minimum atomic E-state index is -2.91. The van der Waals surface area contributed by atoms with Crippen LogP contribution >= 0.6 is 11.8 Å². The molecule has 0 heterocycles. The molecule has 24 heavy (non-hydrogen) atoms. The quantitative estimate of drug-likeness (QED) is 0.600. The lowest BCUT2D eigenvalue weighted by molar-refractivity contribution is -0.118. The molecule has 3 nitrogen and oxygen atoms in total. The molecule has 1 amide bonds. The number of halogens is 4. The molecule has 0 unspecified atom stereocenters. The molecule has 0 spiro atoms. The van der Waals surface area contributed by atoms with E-state index < -0.39 is 18.2 Å². The van der Waals surface area contributed by atoms with Gasteiger partial charge >= 0.3 is 6.61 Å². The second-order valence-corrected chi connectivity index (χ2v) is 5.72. The second kappa shape index (κ2) is 8.58. The molecule has 0 bridgehead atoms. The molecule has 0 fully saturated rings. The number of hydrogen-bond donors (Lipinski definition) is 1. The Bertz CT molecular complexity index is 712. The van der Waals surface area contributed by atoms with Crippen molar-refractivity contribution in [2.24, 2.45) is 0 Å². The third kappa shape index (κ3) is 5.77. The van der Waals surface area contributed by atoms with Crippen molar-refractivity contribution in [2.45, 2.75) is 18.1 Å². The molecule has 2 aromatic rings. The number of alkyl halides is 2. The molecule has 0 saturated carbocycles. The minimum absolute atomic E-state index is 0.00733. The van der Waals surface area contributed by atoms with Crippen LogP contribution in [0.15, 0.2) is 47.4 Å². The van der Waals surface area contributed by atoms with Gasteiger partial charge in [-0.25, -0.2) is 8.78 Å². The molecular weight excluding hydrogens is 346 g/mol. The van der Waals surface area contributed by atoms with Crippen molar-refractivity contribution < 1.29 is 27.1 Å². The summed E-state index contributed by atoms with van der Waals surface area (Å²) in [6.07, 6.45) is 0. The molecule has 2 aromatic carbocycles. The highest BCUT2D eigenvalue weighted by atomic mass is 32.2. The Balaban J connectivity index is 1.81. The molecule has 0 aromatic heterocycles. The van der Waals surface area contributed by atoms with Gasteiger partial charge in [0.1, 0.15) is 5.75 Å². The molecule has 128 valence electrons. The van der Waals surface area contributed by atoms with Crippen molar-refractivity contribution in [1.29, 1.82) is 0 Å². The normalized spacial score (nSPS) is 10.7. The summed E-state index contributed by atoms with van der Waals surface area (Å²) >= 11 is 1.06. The number of carbonyl (C=O) groups excluding carboxylic acids is 1. The fourth-order valence-electron chi connectivity index (χ4n) is 1.80. The maximum atomic E-state index is 13.0. The maximum absolute atomic E-state index is 13.0. The highest BCUT2D eigenvalue weighted by molar-refractivity contribution is 8.00. The molecule has 0 saturated heterocycles. The van der Waals surface area contributed by atoms with Gasteiger partial charge in [-0.05, 0) is 35.9 Å². The zero-order chi connectivity index (χ0) is 17.5. The van der Waals surface area contributed by atoms with Crippen LogP contribution in [0.5, 0.6) is 5.75 Å². The summed E-state index contributed by atoms with van der Waals surface area (Å²) in [5.41, 5.74) is 0.597. The molecule has 0 aliphatic carbocycles. The van der Waals surface area contributed by atoms with Gasteiger partial charge in [0.15, 0.2) is 11.6 Å². The van der Waals surface area contributed by atoms with Crippen LogP contribution in [0.2, 0.25) is 0 Å². The van der Waals surface area contributed by atoms with E-state index in [2.05, 4.69) is 10.1 Å². The molecule has 2 rings (SSSR count). The fourth-order valence-corrected chi connectivity index (χ4v) is 2.55. The third-order valence-electron chi connectivity index (χ3n) is 2.87. The first kappa shape index (κ1) is 18.1. The standard InChI is InChI=1S/C16H13F4NO2S/c17-13-5-4-12(7-14(13)18)24-9-15(22)21-8-10-2-1-3-11(6-10)23-16(19)20/h1-7,16H,8-9H2,(H,21,22). The molecule has 0 radical (unpaired) electrons. The Morgan fingerprint density at radius 3 is 2.62 bits per heavy atom.